The zero-order chi connectivity index (χ0) is 18.8. The van der Waals surface area contributed by atoms with Crippen molar-refractivity contribution in [3.63, 3.8) is 0 Å². The minimum atomic E-state index is -1.07. The van der Waals surface area contributed by atoms with Crippen molar-refractivity contribution < 1.29 is 14.3 Å². The molecule has 138 valence electrons. The maximum absolute atomic E-state index is 12.4. The largest absolute Gasteiger partial charge is 0.472 e. The number of nitrogens with zero attached hydrogens (tertiary/aromatic N) is 2. The Kier molecular flexibility index (Phi) is 5.64. The van der Waals surface area contributed by atoms with E-state index in [2.05, 4.69) is 5.32 Å². The average molecular weight is 388 g/mol. The Hall–Kier alpha value is -1.79. The van der Waals surface area contributed by atoms with Gasteiger partial charge in [-0.05, 0) is 33.8 Å². The van der Waals surface area contributed by atoms with Gasteiger partial charge in [-0.1, -0.05) is 41.4 Å². The maximum Gasteiger partial charge on any atom is 0.429 e. The van der Waals surface area contributed by atoms with Crippen LogP contribution in [0, 0.1) is 0 Å². The van der Waals surface area contributed by atoms with Crippen LogP contribution in [0.2, 0.25) is 5.02 Å². The van der Waals surface area contributed by atoms with Gasteiger partial charge in [-0.15, -0.1) is 0 Å². The van der Waals surface area contributed by atoms with Gasteiger partial charge in [-0.2, -0.15) is 0 Å². The molecule has 2 rings (SSSR count). The van der Waals surface area contributed by atoms with E-state index >= 15 is 0 Å². The molecule has 0 bridgehead atoms. The number of ether oxygens (including phenoxy) is 2. The molecule has 0 fully saturated rings. The topological polar surface area (TPSA) is 54.0 Å². The molecule has 6 nitrogen and oxygen atoms in total. The SMILES string of the molecule is CN(C(=O)OC(C)(C)C)N1C(OCc2ccccc2Cl)=CNC1(C)Cl. The Balaban J connectivity index is 2.12. The molecule has 25 heavy (non-hydrogen) atoms. The summed E-state index contributed by atoms with van der Waals surface area (Å²) >= 11 is 12.6. The van der Waals surface area contributed by atoms with Gasteiger partial charge in [0.25, 0.3) is 0 Å². The van der Waals surface area contributed by atoms with E-state index in [-0.39, 0.29) is 6.61 Å². The number of nitrogens with one attached hydrogen (secondary N) is 1. The molecule has 1 N–H and O–H groups in total. The van der Waals surface area contributed by atoms with E-state index in [0.717, 1.165) is 5.56 Å². The predicted molar refractivity (Wildman–Crippen MR) is 97.6 cm³/mol. The van der Waals surface area contributed by atoms with Gasteiger partial charge in [0.05, 0.1) is 6.20 Å². The smallest absolute Gasteiger partial charge is 0.429 e. The fraction of sp³-hybridized carbons (Fsp3) is 0.471. The van der Waals surface area contributed by atoms with Crippen molar-refractivity contribution in [1.82, 2.24) is 15.3 Å². The summed E-state index contributed by atoms with van der Waals surface area (Å²) in [5, 5.41) is 5.27. The van der Waals surface area contributed by atoms with E-state index in [4.69, 9.17) is 32.7 Å². The Morgan fingerprint density at radius 3 is 2.60 bits per heavy atom. The molecule has 1 atom stereocenters. The first-order valence-corrected chi connectivity index (χ1v) is 8.57. The summed E-state index contributed by atoms with van der Waals surface area (Å²) in [7, 11) is 1.56. The first kappa shape index (κ1) is 19.5. The van der Waals surface area contributed by atoms with Gasteiger partial charge in [0.2, 0.25) is 11.0 Å². The number of benzene rings is 1. The van der Waals surface area contributed by atoms with E-state index in [0.29, 0.717) is 10.9 Å². The normalized spacial score (nSPS) is 20.0. The molecule has 8 heteroatoms. The van der Waals surface area contributed by atoms with Crippen LogP contribution in [-0.4, -0.2) is 33.9 Å². The van der Waals surface area contributed by atoms with Crippen molar-refractivity contribution in [3.8, 4) is 0 Å². The molecule has 0 radical (unpaired) electrons. The summed E-state index contributed by atoms with van der Waals surface area (Å²) in [6, 6.07) is 7.38. The highest BCUT2D eigenvalue weighted by molar-refractivity contribution is 6.31. The lowest BCUT2D eigenvalue weighted by Crippen LogP contribution is -2.55. The number of rotatable bonds is 4. The number of hydrazine groups is 1. The van der Waals surface area contributed by atoms with Gasteiger partial charge in [-0.25, -0.2) is 14.8 Å². The summed E-state index contributed by atoms with van der Waals surface area (Å²) < 4.78 is 11.2. The molecule has 1 amide bonds. The highest BCUT2D eigenvalue weighted by Crippen LogP contribution is 2.31. The van der Waals surface area contributed by atoms with Crippen molar-refractivity contribution in [2.24, 2.45) is 0 Å². The van der Waals surface area contributed by atoms with E-state index in [1.165, 1.54) is 10.0 Å². The molecule has 1 unspecified atom stereocenters. The fourth-order valence-electron chi connectivity index (χ4n) is 2.23. The average Bonchev–Trinajstić information content (AvgIpc) is 2.78. The number of carbonyl (C=O) groups is 1. The molecule has 0 spiro atoms. The monoisotopic (exact) mass is 387 g/mol. The van der Waals surface area contributed by atoms with Crippen LogP contribution in [0.5, 0.6) is 0 Å². The molecule has 0 aliphatic carbocycles. The van der Waals surface area contributed by atoms with Crippen LogP contribution in [0.4, 0.5) is 4.79 Å². The minimum absolute atomic E-state index is 0.235. The van der Waals surface area contributed by atoms with Gasteiger partial charge in [0.15, 0.2) is 0 Å². The Morgan fingerprint density at radius 2 is 2.00 bits per heavy atom. The summed E-state index contributed by atoms with van der Waals surface area (Å²) in [4.78, 5) is 12.4. The summed E-state index contributed by atoms with van der Waals surface area (Å²) in [6.07, 6.45) is 1.06. The van der Waals surface area contributed by atoms with Crippen molar-refractivity contribution in [3.05, 3.63) is 46.9 Å². The van der Waals surface area contributed by atoms with Gasteiger partial charge in [0, 0.05) is 17.6 Å². The maximum atomic E-state index is 12.4. The van der Waals surface area contributed by atoms with Crippen LogP contribution in [0.25, 0.3) is 0 Å². The molecule has 0 aromatic heterocycles. The Labute approximate surface area is 158 Å². The molecule has 0 saturated heterocycles. The van der Waals surface area contributed by atoms with Gasteiger partial charge in [-0.3, -0.25) is 0 Å². The first-order valence-electron chi connectivity index (χ1n) is 7.81. The van der Waals surface area contributed by atoms with Crippen LogP contribution in [0.15, 0.2) is 36.3 Å². The van der Waals surface area contributed by atoms with Crippen LogP contribution in [-0.2, 0) is 16.1 Å². The van der Waals surface area contributed by atoms with Gasteiger partial charge in [0.1, 0.15) is 12.2 Å². The predicted octanol–water partition coefficient (Wildman–Crippen LogP) is 4.26. The van der Waals surface area contributed by atoms with Gasteiger partial charge >= 0.3 is 6.09 Å². The van der Waals surface area contributed by atoms with Gasteiger partial charge < -0.3 is 14.8 Å². The number of hydrogen-bond donors (Lipinski definition) is 1. The number of amides is 1. The highest BCUT2D eigenvalue weighted by Gasteiger charge is 2.42. The molecule has 1 aromatic rings. The van der Waals surface area contributed by atoms with E-state index in [1.807, 2.05) is 18.2 Å². The number of alkyl halides is 1. The standard InChI is InChI=1S/C17H23Cl2N3O3/c1-16(2,3)25-15(23)21(5)22-14(10-20-17(22,4)19)24-11-12-8-6-7-9-13(12)18/h6-10,20H,11H2,1-5H3. The molecule has 1 heterocycles. The van der Waals surface area contributed by atoms with E-state index in [1.54, 1.807) is 47.0 Å². The van der Waals surface area contributed by atoms with Crippen LogP contribution in [0.1, 0.15) is 33.3 Å². The zero-order valence-corrected chi connectivity index (χ0v) is 16.5. The third-order valence-corrected chi connectivity index (χ3v) is 3.99. The number of carbonyl (C=O) groups excluding carboxylic acids is 1. The second-order valence-electron chi connectivity index (χ2n) is 6.78. The minimum Gasteiger partial charge on any atom is -0.472 e. The second kappa shape index (κ2) is 7.22. The van der Waals surface area contributed by atoms with Crippen LogP contribution >= 0.6 is 23.2 Å². The molecule has 1 aliphatic rings. The van der Waals surface area contributed by atoms with Crippen LogP contribution in [0.3, 0.4) is 0 Å². The van der Waals surface area contributed by atoms with Crippen molar-refractivity contribution in [2.45, 2.75) is 45.0 Å². The molecule has 1 aliphatic heterocycles. The lowest BCUT2D eigenvalue weighted by Gasteiger charge is -2.39. The quantitative estimate of drug-likeness (QED) is 0.617. The first-order chi connectivity index (χ1) is 11.5. The molecular weight excluding hydrogens is 365 g/mol. The van der Waals surface area contributed by atoms with Crippen LogP contribution < -0.4 is 5.32 Å². The third-order valence-electron chi connectivity index (χ3n) is 3.36. The number of halogens is 2. The zero-order valence-electron chi connectivity index (χ0n) is 15.0. The van der Waals surface area contributed by atoms with Crippen molar-refractivity contribution >= 4 is 29.3 Å². The van der Waals surface area contributed by atoms with E-state index < -0.39 is 16.8 Å². The summed E-state index contributed by atoms with van der Waals surface area (Å²) in [6.45, 7) is 7.33. The fourth-order valence-corrected chi connectivity index (χ4v) is 2.67. The Morgan fingerprint density at radius 1 is 1.36 bits per heavy atom. The summed E-state index contributed by atoms with van der Waals surface area (Å²) in [5.74, 6) is 0.380. The lowest BCUT2D eigenvalue weighted by molar-refractivity contribution is -0.0750. The van der Waals surface area contributed by atoms with Crippen molar-refractivity contribution in [1.29, 1.82) is 0 Å². The molecule has 1 aromatic carbocycles. The Bertz CT molecular complexity index is 671. The summed E-state index contributed by atoms with van der Waals surface area (Å²) in [5.41, 5.74) is 0.205. The van der Waals surface area contributed by atoms with E-state index in [9.17, 15) is 4.79 Å². The lowest BCUT2D eigenvalue weighted by atomic mass is 10.2. The molecular formula is C17H23Cl2N3O3. The van der Waals surface area contributed by atoms with Crippen molar-refractivity contribution in [2.75, 3.05) is 7.05 Å². The number of hydrogen-bond acceptors (Lipinski definition) is 5. The molecule has 0 saturated carbocycles. The third kappa shape index (κ3) is 4.86. The highest BCUT2D eigenvalue weighted by atomic mass is 35.5. The second-order valence-corrected chi connectivity index (χ2v) is 7.92.